The largest absolute Gasteiger partial charge is 0.324 e. The number of aryl methyl sites for hydroxylation is 1. The van der Waals surface area contributed by atoms with E-state index in [1.165, 1.54) is 11.3 Å². The van der Waals surface area contributed by atoms with Gasteiger partial charge in [-0.25, -0.2) is 4.79 Å². The Morgan fingerprint density at radius 3 is 2.81 bits per heavy atom. The van der Waals surface area contributed by atoms with Crippen molar-refractivity contribution in [2.24, 2.45) is 0 Å². The second kappa shape index (κ2) is 10.1. The molecule has 0 unspecified atom stereocenters. The summed E-state index contributed by atoms with van der Waals surface area (Å²) in [6, 6.07) is 14.7. The standard InChI is InChI=1S/C23H24ClN5O2S/c1-2-15-7-3-4-11-19(15)26-23(31)29-12-6-8-16(14-29)21-27-28-22(32-21)20(30)25-18-10-5-9-17(24)13-18/h3-5,7,9-11,13,16H,2,6,8,12,14H2,1H3,(H,25,30)(H,26,31)/t16-/m1/s1. The molecule has 3 aromatic rings. The Morgan fingerprint density at radius 2 is 2.00 bits per heavy atom. The van der Waals surface area contributed by atoms with E-state index in [0.717, 1.165) is 35.5 Å². The number of para-hydroxylation sites is 1. The number of urea groups is 1. The first-order valence-corrected chi connectivity index (χ1v) is 11.8. The minimum atomic E-state index is -0.322. The van der Waals surface area contributed by atoms with Crippen LogP contribution in [0.15, 0.2) is 48.5 Å². The molecule has 9 heteroatoms. The second-order valence-electron chi connectivity index (χ2n) is 7.64. The van der Waals surface area contributed by atoms with Crippen molar-refractivity contribution < 1.29 is 9.59 Å². The van der Waals surface area contributed by atoms with Gasteiger partial charge in [0.1, 0.15) is 5.01 Å². The topological polar surface area (TPSA) is 87.2 Å². The van der Waals surface area contributed by atoms with Crippen LogP contribution in [0.5, 0.6) is 0 Å². The van der Waals surface area contributed by atoms with Crippen molar-refractivity contribution in [1.29, 1.82) is 0 Å². The van der Waals surface area contributed by atoms with Crippen LogP contribution in [0.3, 0.4) is 0 Å². The van der Waals surface area contributed by atoms with E-state index in [0.29, 0.717) is 28.8 Å². The number of piperidine rings is 1. The summed E-state index contributed by atoms with van der Waals surface area (Å²) in [4.78, 5) is 27.2. The third-order valence-electron chi connectivity index (χ3n) is 5.42. The molecule has 32 heavy (non-hydrogen) atoms. The van der Waals surface area contributed by atoms with Crippen molar-refractivity contribution >= 4 is 46.3 Å². The molecule has 0 spiro atoms. The maximum atomic E-state index is 12.9. The van der Waals surface area contributed by atoms with Gasteiger partial charge in [-0.1, -0.05) is 54.1 Å². The Kier molecular flexibility index (Phi) is 7.02. The third kappa shape index (κ3) is 5.26. The van der Waals surface area contributed by atoms with Crippen LogP contribution in [0.2, 0.25) is 5.02 Å². The van der Waals surface area contributed by atoms with E-state index in [1.54, 1.807) is 24.3 Å². The van der Waals surface area contributed by atoms with E-state index in [2.05, 4.69) is 27.8 Å². The Labute approximate surface area is 195 Å². The van der Waals surface area contributed by atoms with Crippen LogP contribution in [-0.4, -0.2) is 40.1 Å². The molecule has 1 atom stereocenters. The zero-order valence-electron chi connectivity index (χ0n) is 17.7. The van der Waals surface area contributed by atoms with Gasteiger partial charge in [0.25, 0.3) is 5.91 Å². The molecule has 0 saturated carbocycles. The number of amides is 3. The average Bonchev–Trinajstić information content (AvgIpc) is 3.30. The number of nitrogens with zero attached hydrogens (tertiary/aromatic N) is 3. The number of benzene rings is 2. The number of hydrogen-bond acceptors (Lipinski definition) is 5. The quantitative estimate of drug-likeness (QED) is 0.522. The first kappa shape index (κ1) is 22.2. The molecule has 1 saturated heterocycles. The smallest absolute Gasteiger partial charge is 0.321 e. The number of rotatable bonds is 5. The van der Waals surface area contributed by atoms with Crippen LogP contribution in [0.25, 0.3) is 0 Å². The predicted molar refractivity (Wildman–Crippen MR) is 128 cm³/mol. The lowest BCUT2D eigenvalue weighted by Crippen LogP contribution is -2.41. The van der Waals surface area contributed by atoms with Gasteiger partial charge in [0, 0.05) is 35.4 Å². The maximum absolute atomic E-state index is 12.9. The molecule has 2 N–H and O–H groups in total. The van der Waals surface area contributed by atoms with Crippen LogP contribution >= 0.6 is 22.9 Å². The van der Waals surface area contributed by atoms with Gasteiger partial charge in [-0.2, -0.15) is 0 Å². The van der Waals surface area contributed by atoms with E-state index in [-0.39, 0.29) is 17.9 Å². The predicted octanol–water partition coefficient (Wildman–Crippen LogP) is 5.42. The molecular formula is C23H24ClN5O2S. The summed E-state index contributed by atoms with van der Waals surface area (Å²) < 4.78 is 0. The molecule has 0 aliphatic carbocycles. The lowest BCUT2D eigenvalue weighted by molar-refractivity contribution is 0.102. The lowest BCUT2D eigenvalue weighted by Gasteiger charge is -2.31. The summed E-state index contributed by atoms with van der Waals surface area (Å²) in [5, 5.41) is 15.8. The van der Waals surface area contributed by atoms with Crippen molar-refractivity contribution in [3.05, 3.63) is 69.1 Å². The number of nitrogens with one attached hydrogen (secondary N) is 2. The van der Waals surface area contributed by atoms with Gasteiger partial charge in [-0.3, -0.25) is 4.79 Å². The van der Waals surface area contributed by atoms with Crippen LogP contribution in [-0.2, 0) is 6.42 Å². The van der Waals surface area contributed by atoms with Gasteiger partial charge in [-0.15, -0.1) is 10.2 Å². The molecule has 4 rings (SSSR count). The maximum Gasteiger partial charge on any atom is 0.321 e. The van der Waals surface area contributed by atoms with Gasteiger partial charge in [0.15, 0.2) is 0 Å². The zero-order valence-corrected chi connectivity index (χ0v) is 19.2. The second-order valence-corrected chi connectivity index (χ2v) is 9.08. The number of carbonyl (C=O) groups excluding carboxylic acids is 2. The fourth-order valence-electron chi connectivity index (χ4n) is 3.75. The molecule has 1 fully saturated rings. The highest BCUT2D eigenvalue weighted by molar-refractivity contribution is 7.13. The fraction of sp³-hybridized carbons (Fsp3) is 0.304. The fourth-order valence-corrected chi connectivity index (χ4v) is 4.80. The van der Waals surface area contributed by atoms with Crippen molar-refractivity contribution in [3.8, 4) is 0 Å². The first-order valence-electron chi connectivity index (χ1n) is 10.6. The van der Waals surface area contributed by atoms with Crippen LogP contribution in [0.1, 0.15) is 46.1 Å². The molecular weight excluding hydrogens is 446 g/mol. The van der Waals surface area contributed by atoms with Crippen LogP contribution < -0.4 is 10.6 Å². The molecule has 1 aliphatic rings. The molecule has 3 amide bonds. The molecule has 166 valence electrons. The van der Waals surface area contributed by atoms with Crippen molar-refractivity contribution in [2.45, 2.75) is 32.1 Å². The number of likely N-dealkylation sites (tertiary alicyclic amines) is 1. The highest BCUT2D eigenvalue weighted by atomic mass is 35.5. The van der Waals surface area contributed by atoms with Gasteiger partial charge >= 0.3 is 6.03 Å². The Hall–Kier alpha value is -2.97. The van der Waals surface area contributed by atoms with Gasteiger partial charge < -0.3 is 15.5 Å². The Morgan fingerprint density at radius 1 is 1.16 bits per heavy atom. The van der Waals surface area contributed by atoms with Crippen molar-refractivity contribution in [1.82, 2.24) is 15.1 Å². The number of carbonyl (C=O) groups is 2. The van der Waals surface area contributed by atoms with Gasteiger partial charge in [0.2, 0.25) is 5.01 Å². The molecule has 1 aliphatic heterocycles. The lowest BCUT2D eigenvalue weighted by atomic mass is 9.99. The van der Waals surface area contributed by atoms with E-state index in [1.807, 2.05) is 29.2 Å². The van der Waals surface area contributed by atoms with Crippen LogP contribution in [0.4, 0.5) is 16.2 Å². The highest BCUT2D eigenvalue weighted by Crippen LogP contribution is 2.30. The number of anilines is 2. The average molecular weight is 470 g/mol. The first-order chi connectivity index (χ1) is 15.5. The Balaban J connectivity index is 1.40. The molecule has 0 bridgehead atoms. The van der Waals surface area contributed by atoms with Crippen molar-refractivity contribution in [2.75, 3.05) is 23.7 Å². The summed E-state index contributed by atoms with van der Waals surface area (Å²) in [6.45, 7) is 3.31. The van der Waals surface area contributed by atoms with Crippen molar-refractivity contribution in [3.63, 3.8) is 0 Å². The van der Waals surface area contributed by atoms with Gasteiger partial charge in [0.05, 0.1) is 0 Å². The third-order valence-corrected chi connectivity index (χ3v) is 6.73. The number of halogens is 1. The number of aromatic nitrogens is 2. The summed E-state index contributed by atoms with van der Waals surface area (Å²) in [6.07, 6.45) is 2.63. The summed E-state index contributed by atoms with van der Waals surface area (Å²) in [7, 11) is 0. The minimum absolute atomic E-state index is 0.0566. The normalized spacial score (nSPS) is 15.9. The molecule has 2 aromatic carbocycles. The van der Waals surface area contributed by atoms with Gasteiger partial charge in [-0.05, 0) is 49.1 Å². The summed E-state index contributed by atoms with van der Waals surface area (Å²) in [5.74, 6) is -0.265. The monoisotopic (exact) mass is 469 g/mol. The van der Waals surface area contributed by atoms with E-state index in [9.17, 15) is 9.59 Å². The van der Waals surface area contributed by atoms with Crippen LogP contribution in [0, 0.1) is 0 Å². The summed E-state index contributed by atoms with van der Waals surface area (Å²) in [5.41, 5.74) is 2.55. The zero-order chi connectivity index (χ0) is 22.5. The van der Waals surface area contributed by atoms with E-state index < -0.39 is 0 Å². The molecule has 2 heterocycles. The molecule has 7 nitrogen and oxygen atoms in total. The molecule has 1 aromatic heterocycles. The van der Waals surface area contributed by atoms with E-state index in [4.69, 9.17) is 11.6 Å². The summed E-state index contributed by atoms with van der Waals surface area (Å²) >= 11 is 7.24. The SMILES string of the molecule is CCc1ccccc1NC(=O)N1CCC[C@@H](c2nnc(C(=O)Nc3cccc(Cl)c3)s2)C1. The van der Waals surface area contributed by atoms with E-state index >= 15 is 0 Å². The Bertz CT molecular complexity index is 1120. The number of hydrogen-bond donors (Lipinski definition) is 2. The molecule has 0 radical (unpaired) electrons. The minimum Gasteiger partial charge on any atom is -0.324 e. The highest BCUT2D eigenvalue weighted by Gasteiger charge is 2.28.